The van der Waals surface area contributed by atoms with Gasteiger partial charge in [-0.1, -0.05) is 30.3 Å². The van der Waals surface area contributed by atoms with E-state index in [2.05, 4.69) is 0 Å². The number of carbonyl (C=O) groups is 1. The smallest absolute Gasteiger partial charge is 0.254 e. The molecular formula is C18H19NO4S. The van der Waals surface area contributed by atoms with Gasteiger partial charge >= 0.3 is 0 Å². The Labute approximate surface area is 141 Å². The van der Waals surface area contributed by atoms with Gasteiger partial charge in [0.2, 0.25) is 0 Å². The first-order valence-electron chi connectivity index (χ1n) is 7.71. The highest BCUT2D eigenvalue weighted by Gasteiger charge is 2.26. The topological polar surface area (TPSA) is 63.7 Å². The molecule has 1 amide bonds. The number of sulfone groups is 1. The van der Waals surface area contributed by atoms with Crippen molar-refractivity contribution in [2.24, 2.45) is 0 Å². The van der Waals surface area contributed by atoms with Crippen molar-refractivity contribution >= 4 is 15.7 Å². The van der Waals surface area contributed by atoms with Gasteiger partial charge < -0.3 is 9.64 Å². The number of amides is 1. The van der Waals surface area contributed by atoms with Crippen molar-refractivity contribution in [1.82, 2.24) is 4.90 Å². The molecule has 0 radical (unpaired) electrons. The lowest BCUT2D eigenvalue weighted by atomic mass is 10.1. The minimum atomic E-state index is -3.26. The molecule has 2 aromatic carbocycles. The third-order valence-corrected chi connectivity index (χ3v) is 5.18. The summed E-state index contributed by atoms with van der Waals surface area (Å²) >= 11 is 0. The third kappa shape index (κ3) is 3.66. The van der Waals surface area contributed by atoms with Crippen LogP contribution in [0.5, 0.6) is 0 Å². The van der Waals surface area contributed by atoms with Crippen LogP contribution in [0.1, 0.15) is 22.0 Å². The molecule has 0 N–H and O–H groups in total. The average Bonchev–Trinajstić information content (AvgIpc) is 2.61. The molecule has 2 aromatic rings. The number of nitrogens with zero attached hydrogens (tertiary/aromatic N) is 1. The summed E-state index contributed by atoms with van der Waals surface area (Å²) in [6.45, 7) is 1.49. The van der Waals surface area contributed by atoms with E-state index < -0.39 is 9.84 Å². The van der Waals surface area contributed by atoms with E-state index in [1.165, 1.54) is 12.1 Å². The molecule has 6 heteroatoms. The predicted molar refractivity (Wildman–Crippen MR) is 90.6 cm³/mol. The summed E-state index contributed by atoms with van der Waals surface area (Å²) in [6.07, 6.45) is 1.01. The molecule has 1 aliphatic heterocycles. The first-order valence-corrected chi connectivity index (χ1v) is 9.60. The molecule has 0 saturated carbocycles. The van der Waals surface area contributed by atoms with Gasteiger partial charge in [-0.15, -0.1) is 0 Å². The largest absolute Gasteiger partial charge is 0.370 e. The van der Waals surface area contributed by atoms with Gasteiger partial charge in [0.25, 0.3) is 5.91 Å². The highest BCUT2D eigenvalue weighted by atomic mass is 32.2. The maximum Gasteiger partial charge on any atom is 0.254 e. The molecule has 24 heavy (non-hydrogen) atoms. The molecule has 0 aliphatic carbocycles. The lowest BCUT2D eigenvalue weighted by molar-refractivity contribution is -0.0228. The maximum atomic E-state index is 12.7. The standard InChI is InChI=1S/C18H19NO4S/c1-24(21,22)16-9-7-15(8-10-16)18(20)19-11-12-23-17(13-19)14-5-3-2-4-6-14/h2-10,17H,11-13H2,1H3/t17-/m0/s1. The Bertz CT molecular complexity index is 816. The summed E-state index contributed by atoms with van der Waals surface area (Å²) < 4.78 is 28.8. The van der Waals surface area contributed by atoms with Crippen molar-refractivity contribution in [3.05, 3.63) is 65.7 Å². The normalized spacial score (nSPS) is 18.4. The van der Waals surface area contributed by atoms with Crippen LogP contribution < -0.4 is 0 Å². The van der Waals surface area contributed by atoms with Gasteiger partial charge in [-0.05, 0) is 29.8 Å². The number of ether oxygens (including phenoxy) is 1. The first kappa shape index (κ1) is 16.7. The van der Waals surface area contributed by atoms with Crippen molar-refractivity contribution < 1.29 is 17.9 Å². The van der Waals surface area contributed by atoms with Crippen molar-refractivity contribution in [2.45, 2.75) is 11.0 Å². The summed E-state index contributed by atoms with van der Waals surface area (Å²) in [5.74, 6) is -0.112. The Morgan fingerprint density at radius 3 is 2.38 bits per heavy atom. The molecule has 0 unspecified atom stereocenters. The fourth-order valence-corrected chi connectivity index (χ4v) is 3.36. The lowest BCUT2D eigenvalue weighted by Gasteiger charge is -2.33. The van der Waals surface area contributed by atoms with E-state index in [-0.39, 0.29) is 16.9 Å². The molecule has 1 saturated heterocycles. The van der Waals surface area contributed by atoms with Gasteiger partial charge in [-0.2, -0.15) is 0 Å². The van der Waals surface area contributed by atoms with Gasteiger partial charge in [-0.25, -0.2) is 8.42 Å². The van der Waals surface area contributed by atoms with Gasteiger partial charge in [0, 0.05) is 18.4 Å². The van der Waals surface area contributed by atoms with Gasteiger partial charge in [0.1, 0.15) is 6.10 Å². The van der Waals surface area contributed by atoms with E-state index in [4.69, 9.17) is 4.74 Å². The number of rotatable bonds is 3. The molecule has 0 spiro atoms. The van der Waals surface area contributed by atoms with Crippen molar-refractivity contribution in [1.29, 1.82) is 0 Å². The van der Waals surface area contributed by atoms with E-state index in [0.717, 1.165) is 11.8 Å². The number of benzene rings is 2. The van der Waals surface area contributed by atoms with Crippen molar-refractivity contribution in [3.8, 4) is 0 Å². The zero-order valence-electron chi connectivity index (χ0n) is 13.4. The van der Waals surface area contributed by atoms with Crippen molar-refractivity contribution in [3.63, 3.8) is 0 Å². The molecular weight excluding hydrogens is 326 g/mol. The Morgan fingerprint density at radius 2 is 1.75 bits per heavy atom. The summed E-state index contributed by atoms with van der Waals surface area (Å²) in [5, 5.41) is 0. The number of morpholine rings is 1. The number of carbonyl (C=O) groups excluding carboxylic acids is 1. The minimum Gasteiger partial charge on any atom is -0.370 e. The monoisotopic (exact) mass is 345 g/mol. The molecule has 126 valence electrons. The van der Waals surface area contributed by atoms with Crippen LogP contribution in [0.15, 0.2) is 59.5 Å². The van der Waals surface area contributed by atoms with Crippen LogP contribution in [0, 0.1) is 0 Å². The molecule has 1 aliphatic rings. The average molecular weight is 345 g/mol. The fourth-order valence-electron chi connectivity index (χ4n) is 2.73. The van der Waals surface area contributed by atoms with Crippen LogP contribution in [0.4, 0.5) is 0 Å². The Kier molecular flexibility index (Phi) is 4.69. The van der Waals surface area contributed by atoms with E-state index in [1.807, 2.05) is 30.3 Å². The van der Waals surface area contributed by atoms with Crippen LogP contribution in [-0.4, -0.2) is 45.2 Å². The van der Waals surface area contributed by atoms with Crippen molar-refractivity contribution in [2.75, 3.05) is 26.0 Å². The zero-order valence-corrected chi connectivity index (χ0v) is 14.2. The second-order valence-corrected chi connectivity index (χ2v) is 7.83. The maximum absolute atomic E-state index is 12.7. The Morgan fingerprint density at radius 1 is 1.08 bits per heavy atom. The minimum absolute atomic E-state index is 0.112. The Hall–Kier alpha value is -2.18. The molecule has 1 atom stereocenters. The molecule has 0 aromatic heterocycles. The molecule has 5 nitrogen and oxygen atoms in total. The van der Waals surface area contributed by atoms with E-state index in [1.54, 1.807) is 17.0 Å². The highest BCUT2D eigenvalue weighted by molar-refractivity contribution is 7.90. The first-order chi connectivity index (χ1) is 11.4. The molecule has 0 bridgehead atoms. The summed E-state index contributed by atoms with van der Waals surface area (Å²) in [4.78, 5) is 14.6. The molecule has 3 rings (SSSR count). The summed E-state index contributed by atoms with van der Waals surface area (Å²) in [6, 6.07) is 15.9. The third-order valence-electron chi connectivity index (χ3n) is 4.05. The van der Waals surface area contributed by atoms with Crippen LogP contribution in [0.2, 0.25) is 0 Å². The van der Waals surface area contributed by atoms with Crippen LogP contribution in [0.25, 0.3) is 0 Å². The van der Waals surface area contributed by atoms with Gasteiger partial charge in [-0.3, -0.25) is 4.79 Å². The zero-order chi connectivity index (χ0) is 17.2. The van der Waals surface area contributed by atoms with E-state index in [9.17, 15) is 13.2 Å². The number of hydrogen-bond donors (Lipinski definition) is 0. The second-order valence-electron chi connectivity index (χ2n) is 5.82. The second kappa shape index (κ2) is 6.75. The number of hydrogen-bond acceptors (Lipinski definition) is 4. The SMILES string of the molecule is CS(=O)(=O)c1ccc(C(=O)N2CCO[C@H](c3ccccc3)C2)cc1. The van der Waals surface area contributed by atoms with Crippen LogP contribution in [-0.2, 0) is 14.6 Å². The van der Waals surface area contributed by atoms with E-state index in [0.29, 0.717) is 25.3 Å². The van der Waals surface area contributed by atoms with Crippen LogP contribution in [0.3, 0.4) is 0 Å². The fraction of sp³-hybridized carbons (Fsp3) is 0.278. The highest BCUT2D eigenvalue weighted by Crippen LogP contribution is 2.23. The quantitative estimate of drug-likeness (QED) is 0.856. The molecule has 1 heterocycles. The molecule has 1 fully saturated rings. The van der Waals surface area contributed by atoms with E-state index >= 15 is 0 Å². The predicted octanol–water partition coefficient (Wildman–Crippen LogP) is 2.30. The van der Waals surface area contributed by atoms with Gasteiger partial charge in [0.05, 0.1) is 18.0 Å². The summed E-state index contributed by atoms with van der Waals surface area (Å²) in [7, 11) is -3.26. The Balaban J connectivity index is 1.75. The summed E-state index contributed by atoms with van der Waals surface area (Å²) in [5.41, 5.74) is 1.53. The van der Waals surface area contributed by atoms with Gasteiger partial charge in [0.15, 0.2) is 9.84 Å². The lowest BCUT2D eigenvalue weighted by Crippen LogP contribution is -2.42. The van der Waals surface area contributed by atoms with Crippen LogP contribution >= 0.6 is 0 Å².